The summed E-state index contributed by atoms with van der Waals surface area (Å²) in [6.07, 6.45) is -0.0236. The van der Waals surface area contributed by atoms with E-state index in [9.17, 15) is 18.0 Å². The average Bonchev–Trinajstić information content (AvgIpc) is 3.13. The van der Waals surface area contributed by atoms with Gasteiger partial charge in [-0.1, -0.05) is 30.3 Å². The maximum Gasteiger partial charge on any atom is 0.410 e. The number of nitrogens with zero attached hydrogens (tertiary/aromatic N) is 2. The minimum atomic E-state index is -3.92. The molecule has 0 aliphatic carbocycles. The fourth-order valence-electron chi connectivity index (χ4n) is 3.10. The Morgan fingerprint density at radius 3 is 2.41 bits per heavy atom. The summed E-state index contributed by atoms with van der Waals surface area (Å²) < 4.78 is 38.4. The third-order valence-electron chi connectivity index (χ3n) is 4.61. The van der Waals surface area contributed by atoms with Crippen molar-refractivity contribution >= 4 is 33.2 Å². The van der Waals surface area contributed by atoms with Gasteiger partial charge in [0.15, 0.2) is 0 Å². The number of carbonyl (C=O) groups excluding carboxylic acids is 2. The minimum Gasteiger partial charge on any atom is -0.490 e. The lowest BCUT2D eigenvalue weighted by Crippen LogP contribution is -2.36. The van der Waals surface area contributed by atoms with E-state index in [0.29, 0.717) is 23.1 Å². The van der Waals surface area contributed by atoms with Crippen molar-refractivity contribution < 1.29 is 27.5 Å². The van der Waals surface area contributed by atoms with Crippen molar-refractivity contribution in [2.45, 2.75) is 36.3 Å². The van der Waals surface area contributed by atoms with Crippen molar-refractivity contribution in [3.8, 4) is 5.75 Å². The Balaban J connectivity index is 1.87. The van der Waals surface area contributed by atoms with Crippen LogP contribution in [0.5, 0.6) is 5.75 Å². The normalized spacial score (nSPS) is 11.9. The summed E-state index contributed by atoms with van der Waals surface area (Å²) in [7, 11) is -2.32. The average molecular weight is 459 g/mol. The zero-order valence-corrected chi connectivity index (χ0v) is 19.3. The third kappa shape index (κ3) is 4.94. The van der Waals surface area contributed by atoms with E-state index in [2.05, 4.69) is 0 Å². The number of aromatic nitrogens is 1. The molecule has 2 aromatic carbocycles. The number of fused-ring (bicyclic) bond motifs is 1. The number of carbonyl (C=O) groups is 2. The van der Waals surface area contributed by atoms with Crippen molar-refractivity contribution in [1.29, 1.82) is 0 Å². The third-order valence-corrected chi connectivity index (χ3v) is 6.37. The number of ether oxygens (including phenoxy) is 2. The molecule has 1 heterocycles. The molecule has 0 unspecified atom stereocenters. The van der Waals surface area contributed by atoms with Gasteiger partial charge in [-0.2, -0.15) is 0 Å². The molecule has 0 radical (unpaired) electrons. The molecule has 32 heavy (non-hydrogen) atoms. The van der Waals surface area contributed by atoms with Gasteiger partial charge in [0.2, 0.25) is 16.2 Å². The van der Waals surface area contributed by atoms with Crippen LogP contribution in [0.25, 0.3) is 10.9 Å². The lowest BCUT2D eigenvalue weighted by atomic mass is 10.2. The van der Waals surface area contributed by atoms with Crippen molar-refractivity contribution in [2.24, 2.45) is 0 Å². The maximum absolute atomic E-state index is 13.1. The zero-order chi connectivity index (χ0) is 23.5. The fourth-order valence-corrected chi connectivity index (χ4v) is 4.53. The largest absolute Gasteiger partial charge is 0.490 e. The first kappa shape index (κ1) is 23.3. The molecule has 0 fully saturated rings. The van der Waals surface area contributed by atoms with E-state index in [1.54, 1.807) is 64.2 Å². The Hall–Kier alpha value is -3.33. The number of benzene rings is 2. The second-order valence-corrected chi connectivity index (χ2v) is 10.1. The Kier molecular flexibility index (Phi) is 6.59. The first-order chi connectivity index (χ1) is 15.0. The van der Waals surface area contributed by atoms with Crippen molar-refractivity contribution in [2.75, 3.05) is 20.2 Å². The molecule has 0 bridgehead atoms. The highest BCUT2D eigenvalue weighted by molar-refractivity contribution is 7.91. The van der Waals surface area contributed by atoms with Crippen LogP contribution in [0.15, 0.2) is 64.5 Å². The van der Waals surface area contributed by atoms with Gasteiger partial charge in [0.05, 0.1) is 17.0 Å². The lowest BCUT2D eigenvalue weighted by Gasteiger charge is -2.24. The van der Waals surface area contributed by atoms with Crippen LogP contribution in [0.1, 0.15) is 20.8 Å². The van der Waals surface area contributed by atoms with Gasteiger partial charge < -0.3 is 14.4 Å². The van der Waals surface area contributed by atoms with Gasteiger partial charge in [-0.25, -0.2) is 13.2 Å². The van der Waals surface area contributed by atoms with Crippen LogP contribution in [-0.2, 0) is 19.4 Å². The number of hydrogen-bond donors (Lipinski definition) is 0. The van der Waals surface area contributed by atoms with Crippen LogP contribution in [0.4, 0.5) is 4.79 Å². The van der Waals surface area contributed by atoms with Crippen LogP contribution in [0, 0.1) is 0 Å². The Labute approximate surface area is 187 Å². The molecule has 0 N–H and O–H groups in total. The van der Waals surface area contributed by atoms with E-state index < -0.39 is 21.5 Å². The van der Waals surface area contributed by atoms with E-state index in [4.69, 9.17) is 9.47 Å². The predicted octanol–water partition coefficient (Wildman–Crippen LogP) is 3.76. The van der Waals surface area contributed by atoms with Crippen LogP contribution >= 0.6 is 0 Å². The summed E-state index contributed by atoms with van der Waals surface area (Å²) in [5.41, 5.74) is -0.264. The van der Waals surface area contributed by atoms with Crippen molar-refractivity contribution in [1.82, 2.24) is 9.47 Å². The number of para-hydroxylation sites is 1. The van der Waals surface area contributed by atoms with E-state index in [1.165, 1.54) is 23.1 Å². The number of rotatable bonds is 7. The van der Waals surface area contributed by atoms with Crippen molar-refractivity contribution in [3.05, 3.63) is 54.6 Å². The Morgan fingerprint density at radius 1 is 1.09 bits per heavy atom. The van der Waals surface area contributed by atoms with Gasteiger partial charge in [-0.3, -0.25) is 9.36 Å². The molecule has 0 saturated heterocycles. The van der Waals surface area contributed by atoms with E-state index >= 15 is 0 Å². The summed E-state index contributed by atoms with van der Waals surface area (Å²) in [6.45, 7) is 5.71. The van der Waals surface area contributed by atoms with Crippen LogP contribution < -0.4 is 4.74 Å². The highest BCUT2D eigenvalue weighted by atomic mass is 32.2. The second kappa shape index (κ2) is 9.04. The highest BCUT2D eigenvalue weighted by Crippen LogP contribution is 2.32. The zero-order valence-electron chi connectivity index (χ0n) is 18.4. The summed E-state index contributed by atoms with van der Waals surface area (Å²) in [6, 6.07) is 14.4. The molecule has 0 saturated carbocycles. The Bertz CT molecular complexity index is 1230. The van der Waals surface area contributed by atoms with Gasteiger partial charge >= 0.3 is 6.09 Å². The van der Waals surface area contributed by atoms with Crippen LogP contribution in [0.3, 0.4) is 0 Å². The monoisotopic (exact) mass is 458 g/mol. The molecule has 9 heteroatoms. The van der Waals surface area contributed by atoms with Crippen molar-refractivity contribution in [3.63, 3.8) is 0 Å². The first-order valence-corrected chi connectivity index (χ1v) is 11.5. The molecule has 170 valence electrons. The molecular formula is C23H26N2O6S. The predicted molar refractivity (Wildman–Crippen MR) is 120 cm³/mol. The SMILES string of the molecule is CN(CCOc1cccc2cc(S(=O)(=O)c3ccccc3)n(C=O)c12)C(=O)OC(C)(C)C. The standard InChI is InChI=1S/C23H26N2O6S/c1-23(2,3)31-22(27)24(4)13-14-30-19-12-8-9-17-15-20(25(16-26)21(17)19)32(28,29)18-10-6-5-7-11-18/h5-12,15-16H,13-14H2,1-4H3. The molecule has 1 amide bonds. The summed E-state index contributed by atoms with van der Waals surface area (Å²) in [5, 5.41) is 0.403. The van der Waals surface area contributed by atoms with Gasteiger partial charge in [0, 0.05) is 12.4 Å². The van der Waals surface area contributed by atoms with Gasteiger partial charge in [0.25, 0.3) is 0 Å². The van der Waals surface area contributed by atoms with Gasteiger partial charge in [-0.15, -0.1) is 0 Å². The molecule has 0 spiro atoms. The smallest absolute Gasteiger partial charge is 0.410 e. The molecule has 0 atom stereocenters. The molecule has 3 aromatic rings. The maximum atomic E-state index is 13.1. The molecule has 0 aliphatic heterocycles. The van der Waals surface area contributed by atoms with E-state index in [1.807, 2.05) is 0 Å². The molecular weight excluding hydrogens is 432 g/mol. The number of amides is 1. The fraction of sp³-hybridized carbons (Fsp3) is 0.304. The highest BCUT2D eigenvalue weighted by Gasteiger charge is 2.25. The Morgan fingerprint density at radius 2 is 1.78 bits per heavy atom. The molecule has 0 aliphatic rings. The van der Waals surface area contributed by atoms with Gasteiger partial charge in [-0.05, 0) is 45.0 Å². The van der Waals surface area contributed by atoms with Crippen LogP contribution in [0.2, 0.25) is 0 Å². The summed E-state index contributed by atoms with van der Waals surface area (Å²) >= 11 is 0. The van der Waals surface area contributed by atoms with E-state index in [0.717, 1.165) is 4.57 Å². The van der Waals surface area contributed by atoms with E-state index in [-0.39, 0.29) is 23.1 Å². The molecule has 3 rings (SSSR count). The minimum absolute atomic E-state index is 0.0901. The molecule has 1 aromatic heterocycles. The summed E-state index contributed by atoms with van der Waals surface area (Å²) in [4.78, 5) is 25.5. The topological polar surface area (TPSA) is 94.9 Å². The lowest BCUT2D eigenvalue weighted by molar-refractivity contribution is 0.0278. The quantitative estimate of drug-likeness (QED) is 0.501. The van der Waals surface area contributed by atoms with Crippen LogP contribution in [-0.4, -0.2) is 56.2 Å². The number of hydrogen-bond acceptors (Lipinski definition) is 6. The second-order valence-electron chi connectivity index (χ2n) is 8.22. The number of likely N-dealkylation sites (N-methyl/N-ethyl adjacent to an activating group) is 1. The van der Waals surface area contributed by atoms with Gasteiger partial charge in [0.1, 0.15) is 23.0 Å². The number of sulfone groups is 1. The molecule has 8 nitrogen and oxygen atoms in total. The summed E-state index contributed by atoms with van der Waals surface area (Å²) in [5.74, 6) is 0.335. The first-order valence-electron chi connectivity index (χ1n) is 10.0.